The van der Waals surface area contributed by atoms with E-state index >= 15 is 0 Å². The average Bonchev–Trinajstić information content (AvgIpc) is 3.24. The molecule has 0 radical (unpaired) electrons. The number of ether oxygens (including phenoxy) is 1. The molecule has 0 spiro atoms. The van der Waals surface area contributed by atoms with Crippen LogP contribution in [0.2, 0.25) is 0 Å². The predicted molar refractivity (Wildman–Crippen MR) is 135 cm³/mol. The number of amides is 1. The summed E-state index contributed by atoms with van der Waals surface area (Å²) in [4.78, 5) is 12.9. The molecular formula is C28H30N4O2. The third-order valence-corrected chi connectivity index (χ3v) is 6.53. The van der Waals surface area contributed by atoms with Gasteiger partial charge in [0.25, 0.3) is 5.91 Å². The first-order chi connectivity index (χ1) is 16.6. The maximum Gasteiger partial charge on any atom is 0.251 e. The van der Waals surface area contributed by atoms with Gasteiger partial charge in [0.15, 0.2) is 0 Å². The van der Waals surface area contributed by atoms with Gasteiger partial charge in [0.2, 0.25) is 0 Å². The molecule has 4 aromatic rings. The van der Waals surface area contributed by atoms with E-state index in [4.69, 9.17) is 4.74 Å². The monoisotopic (exact) mass is 454 g/mol. The van der Waals surface area contributed by atoms with Crippen molar-refractivity contribution in [2.24, 2.45) is 7.05 Å². The smallest absolute Gasteiger partial charge is 0.251 e. The van der Waals surface area contributed by atoms with Crippen LogP contribution in [0.5, 0.6) is 11.5 Å². The van der Waals surface area contributed by atoms with E-state index < -0.39 is 0 Å². The van der Waals surface area contributed by atoms with Crippen LogP contribution in [0.3, 0.4) is 0 Å². The molecule has 1 amide bonds. The minimum atomic E-state index is 0.0259. The molecule has 0 bridgehead atoms. The number of nitrogens with one attached hydrogen (secondary N) is 2. The molecule has 5 rings (SSSR count). The van der Waals surface area contributed by atoms with Crippen molar-refractivity contribution in [2.75, 3.05) is 13.1 Å². The van der Waals surface area contributed by atoms with Gasteiger partial charge < -0.3 is 15.4 Å². The lowest BCUT2D eigenvalue weighted by molar-refractivity contribution is 0.0928. The van der Waals surface area contributed by atoms with Crippen molar-refractivity contribution in [3.63, 3.8) is 0 Å². The number of rotatable bonds is 6. The lowest BCUT2D eigenvalue weighted by Gasteiger charge is -2.24. The third kappa shape index (κ3) is 4.68. The molecule has 0 atom stereocenters. The number of carbonyl (C=O) groups is 1. The number of fused-ring (bicyclic) bond motifs is 1. The molecule has 3 aromatic carbocycles. The Labute approximate surface area is 199 Å². The highest BCUT2D eigenvalue weighted by Gasteiger charge is 2.18. The minimum Gasteiger partial charge on any atom is -0.457 e. The van der Waals surface area contributed by atoms with Crippen molar-refractivity contribution in [1.82, 2.24) is 20.4 Å². The highest BCUT2D eigenvalue weighted by atomic mass is 16.5. The highest BCUT2D eigenvalue weighted by Crippen LogP contribution is 2.30. The van der Waals surface area contributed by atoms with E-state index in [0.717, 1.165) is 77.0 Å². The second kappa shape index (κ2) is 9.69. The van der Waals surface area contributed by atoms with Gasteiger partial charge in [-0.3, -0.25) is 9.48 Å². The summed E-state index contributed by atoms with van der Waals surface area (Å²) in [6, 6.07) is 20.4. The first-order valence-electron chi connectivity index (χ1n) is 12.0. The number of hydrogen-bond donors (Lipinski definition) is 2. The van der Waals surface area contributed by atoms with Crippen LogP contribution < -0.4 is 15.4 Å². The van der Waals surface area contributed by atoms with Gasteiger partial charge >= 0.3 is 0 Å². The summed E-state index contributed by atoms with van der Waals surface area (Å²) in [5.41, 5.74) is 4.97. The zero-order chi connectivity index (χ0) is 23.5. The number of aryl methyl sites for hydroxylation is 2. The fourth-order valence-electron chi connectivity index (χ4n) is 4.58. The Kier molecular flexibility index (Phi) is 6.32. The van der Waals surface area contributed by atoms with Crippen molar-refractivity contribution >= 4 is 16.8 Å². The van der Waals surface area contributed by atoms with Crippen LogP contribution in [-0.4, -0.2) is 34.8 Å². The summed E-state index contributed by atoms with van der Waals surface area (Å²) in [6.45, 7) is 4.01. The third-order valence-electron chi connectivity index (χ3n) is 6.53. The number of aromatic nitrogens is 2. The van der Waals surface area contributed by atoms with Gasteiger partial charge in [-0.2, -0.15) is 5.10 Å². The lowest BCUT2D eigenvalue weighted by Crippen LogP contribution is -2.42. The Morgan fingerprint density at radius 2 is 1.85 bits per heavy atom. The predicted octanol–water partition coefficient (Wildman–Crippen LogP) is 5.08. The minimum absolute atomic E-state index is 0.0259. The maximum atomic E-state index is 12.9. The van der Waals surface area contributed by atoms with Crippen LogP contribution in [0, 0.1) is 0 Å². The molecular weight excluding hydrogens is 424 g/mol. The van der Waals surface area contributed by atoms with Crippen molar-refractivity contribution in [1.29, 1.82) is 0 Å². The molecule has 1 saturated heterocycles. The first-order valence-corrected chi connectivity index (χ1v) is 12.0. The van der Waals surface area contributed by atoms with Gasteiger partial charge in [-0.05, 0) is 79.4 Å². The summed E-state index contributed by atoms with van der Waals surface area (Å²) in [5, 5.41) is 11.9. The summed E-state index contributed by atoms with van der Waals surface area (Å²) < 4.78 is 8.01. The van der Waals surface area contributed by atoms with E-state index in [9.17, 15) is 4.79 Å². The fourth-order valence-corrected chi connectivity index (χ4v) is 4.58. The van der Waals surface area contributed by atoms with E-state index in [1.54, 1.807) is 0 Å². The fraction of sp³-hybridized carbons (Fsp3) is 0.286. The first kappa shape index (κ1) is 22.2. The van der Waals surface area contributed by atoms with Crippen LogP contribution in [0.25, 0.3) is 22.0 Å². The van der Waals surface area contributed by atoms with Gasteiger partial charge in [0.05, 0.1) is 11.7 Å². The van der Waals surface area contributed by atoms with E-state index in [0.29, 0.717) is 0 Å². The Bertz CT molecular complexity index is 1320. The van der Waals surface area contributed by atoms with Crippen molar-refractivity contribution in [3.8, 4) is 22.6 Å². The number of benzene rings is 3. The van der Waals surface area contributed by atoms with Crippen molar-refractivity contribution in [2.45, 2.75) is 32.2 Å². The topological polar surface area (TPSA) is 68.2 Å². The van der Waals surface area contributed by atoms with Crippen LogP contribution in [0.15, 0.2) is 66.9 Å². The standard InChI is InChI=1S/C28H30N4O2/c1-3-19-15-21(8-10-26(19)28(33)31-23-11-13-29-14-12-23)20-5-4-6-24(16-20)34-25-9-7-22-18-30-32(2)27(22)17-25/h4-10,15-18,23,29H,3,11-14H2,1-2H3,(H,31,33). The van der Waals surface area contributed by atoms with E-state index in [1.165, 1.54) is 0 Å². The molecule has 0 saturated carbocycles. The molecule has 2 heterocycles. The van der Waals surface area contributed by atoms with Gasteiger partial charge in [0.1, 0.15) is 11.5 Å². The largest absolute Gasteiger partial charge is 0.457 e. The van der Waals surface area contributed by atoms with Crippen molar-refractivity contribution < 1.29 is 9.53 Å². The summed E-state index contributed by atoms with van der Waals surface area (Å²) in [5.74, 6) is 1.56. The Hall–Kier alpha value is -3.64. The number of carbonyl (C=O) groups excluding carboxylic acids is 1. The van der Waals surface area contributed by atoms with Gasteiger partial charge in [-0.15, -0.1) is 0 Å². The molecule has 0 unspecified atom stereocenters. The zero-order valence-electron chi connectivity index (χ0n) is 19.7. The number of hydrogen-bond acceptors (Lipinski definition) is 4. The molecule has 2 N–H and O–H groups in total. The quantitative estimate of drug-likeness (QED) is 0.427. The highest BCUT2D eigenvalue weighted by molar-refractivity contribution is 5.96. The second-order valence-corrected chi connectivity index (χ2v) is 8.84. The second-order valence-electron chi connectivity index (χ2n) is 8.84. The van der Waals surface area contributed by atoms with Crippen LogP contribution >= 0.6 is 0 Å². The molecule has 1 aliphatic rings. The Balaban J connectivity index is 1.36. The molecule has 34 heavy (non-hydrogen) atoms. The van der Waals surface area contributed by atoms with Crippen LogP contribution in [-0.2, 0) is 13.5 Å². The SMILES string of the molecule is CCc1cc(-c2cccc(Oc3ccc4cnn(C)c4c3)c2)ccc1C(=O)NC1CCNCC1. The summed E-state index contributed by atoms with van der Waals surface area (Å²) in [6.07, 6.45) is 4.60. The maximum absolute atomic E-state index is 12.9. The zero-order valence-corrected chi connectivity index (χ0v) is 19.7. The van der Waals surface area contributed by atoms with E-state index in [2.05, 4.69) is 34.8 Å². The van der Waals surface area contributed by atoms with E-state index in [-0.39, 0.29) is 11.9 Å². The molecule has 6 nitrogen and oxygen atoms in total. The molecule has 174 valence electrons. The molecule has 1 fully saturated rings. The van der Waals surface area contributed by atoms with Crippen molar-refractivity contribution in [3.05, 3.63) is 78.0 Å². The summed E-state index contributed by atoms with van der Waals surface area (Å²) in [7, 11) is 1.92. The Morgan fingerprint density at radius 1 is 1.06 bits per heavy atom. The van der Waals surface area contributed by atoms with Gasteiger partial charge in [-0.1, -0.05) is 31.2 Å². The Morgan fingerprint density at radius 3 is 2.68 bits per heavy atom. The molecule has 1 aliphatic heterocycles. The number of nitrogens with zero attached hydrogens (tertiary/aromatic N) is 2. The van der Waals surface area contributed by atoms with Gasteiger partial charge in [-0.25, -0.2) is 0 Å². The molecule has 0 aliphatic carbocycles. The van der Waals surface area contributed by atoms with Crippen LogP contribution in [0.1, 0.15) is 35.7 Å². The molecule has 6 heteroatoms. The summed E-state index contributed by atoms with van der Waals surface area (Å²) >= 11 is 0. The normalized spacial score (nSPS) is 14.3. The van der Waals surface area contributed by atoms with Crippen LogP contribution in [0.4, 0.5) is 0 Å². The van der Waals surface area contributed by atoms with E-state index in [1.807, 2.05) is 66.5 Å². The number of piperidine rings is 1. The average molecular weight is 455 g/mol. The van der Waals surface area contributed by atoms with Gasteiger partial charge in [0, 0.05) is 30.1 Å². The molecule has 1 aromatic heterocycles. The lowest BCUT2D eigenvalue weighted by atomic mass is 9.96.